The molecule has 0 unspecified atom stereocenters. The average Bonchev–Trinajstić information content (AvgIpc) is 2.94. The number of para-hydroxylation sites is 1. The maximum absolute atomic E-state index is 13.4. The Morgan fingerprint density at radius 2 is 1.50 bits per heavy atom. The van der Waals surface area contributed by atoms with Crippen LogP contribution >= 0.6 is 0 Å². The van der Waals surface area contributed by atoms with Crippen LogP contribution in [0.5, 0.6) is 0 Å². The molecule has 0 spiro atoms. The highest BCUT2D eigenvalue weighted by Gasteiger charge is 2.73. The summed E-state index contributed by atoms with van der Waals surface area (Å²) < 4.78 is 91.4. The monoisotopic (exact) mass is 431 g/mol. The number of hydrazone groups is 1. The van der Waals surface area contributed by atoms with E-state index in [1.807, 2.05) is 34.9 Å². The Kier molecular flexibility index (Phi) is 5.53. The Morgan fingerprint density at radius 3 is 2.13 bits per heavy atom. The number of alkyl halides is 7. The molecule has 3 rings (SSSR count). The van der Waals surface area contributed by atoms with Crippen LogP contribution in [0, 0.1) is 6.92 Å². The fourth-order valence-corrected chi connectivity index (χ4v) is 3.02. The van der Waals surface area contributed by atoms with Crippen LogP contribution in [0.2, 0.25) is 0 Å². The first-order chi connectivity index (χ1) is 14.0. The Hall–Kier alpha value is -3.04. The van der Waals surface area contributed by atoms with Crippen molar-refractivity contribution in [3.63, 3.8) is 0 Å². The number of nitrogens with zero attached hydrogens (tertiary/aromatic N) is 2. The molecule has 10 heteroatoms. The lowest BCUT2D eigenvalue weighted by Crippen LogP contribution is -2.58. The van der Waals surface area contributed by atoms with Gasteiger partial charge in [-0.3, -0.25) is 0 Å². The first kappa shape index (κ1) is 21.7. The van der Waals surface area contributed by atoms with Gasteiger partial charge in [0, 0.05) is 28.7 Å². The maximum atomic E-state index is 13.4. The van der Waals surface area contributed by atoms with Gasteiger partial charge < -0.3 is 4.57 Å². The van der Waals surface area contributed by atoms with Gasteiger partial charge in [0.2, 0.25) is 0 Å². The van der Waals surface area contributed by atoms with E-state index < -0.39 is 18.1 Å². The molecule has 2 aromatic carbocycles. The van der Waals surface area contributed by atoms with Crippen molar-refractivity contribution in [1.29, 1.82) is 0 Å². The molecule has 0 fully saturated rings. The first-order valence-corrected chi connectivity index (χ1v) is 8.70. The van der Waals surface area contributed by atoms with Gasteiger partial charge in [0.1, 0.15) is 0 Å². The molecule has 160 valence electrons. The Morgan fingerprint density at radius 1 is 0.900 bits per heavy atom. The van der Waals surface area contributed by atoms with E-state index in [-0.39, 0.29) is 0 Å². The van der Waals surface area contributed by atoms with Crippen LogP contribution in [0.15, 0.2) is 59.7 Å². The minimum Gasteiger partial charge on any atom is -0.340 e. The number of benzene rings is 2. The number of aromatic nitrogens is 1. The topological polar surface area (TPSA) is 29.3 Å². The summed E-state index contributed by atoms with van der Waals surface area (Å²) in [6, 6.07) is 10.6. The molecule has 30 heavy (non-hydrogen) atoms. The second kappa shape index (κ2) is 7.66. The molecule has 1 heterocycles. The van der Waals surface area contributed by atoms with Gasteiger partial charge in [0.15, 0.2) is 0 Å². The standard InChI is InChI=1S/C20H16F7N3/c1-13-16(11-28-29-20(26,27)18(21,22)19(23,24)25)15-9-5-6-10-17(15)30(13)12-14-7-3-2-4-8-14/h2-11,29H,12H2,1H3/b28-11+. The van der Waals surface area contributed by atoms with E-state index in [1.165, 1.54) is 0 Å². The summed E-state index contributed by atoms with van der Waals surface area (Å²) in [5.41, 5.74) is 3.25. The number of halogens is 7. The Bertz CT molecular complexity index is 1050. The van der Waals surface area contributed by atoms with Crippen molar-refractivity contribution in [2.24, 2.45) is 5.10 Å². The molecule has 0 aliphatic heterocycles. The van der Waals surface area contributed by atoms with E-state index in [0.29, 0.717) is 28.6 Å². The zero-order valence-corrected chi connectivity index (χ0v) is 15.5. The van der Waals surface area contributed by atoms with Gasteiger partial charge >= 0.3 is 18.1 Å². The van der Waals surface area contributed by atoms with Gasteiger partial charge in [0.05, 0.1) is 6.21 Å². The third kappa shape index (κ3) is 3.86. The van der Waals surface area contributed by atoms with Crippen molar-refractivity contribution in [2.75, 3.05) is 0 Å². The van der Waals surface area contributed by atoms with Crippen LogP contribution in [-0.2, 0) is 6.54 Å². The highest BCUT2D eigenvalue weighted by atomic mass is 19.4. The highest BCUT2D eigenvalue weighted by Crippen LogP contribution is 2.45. The molecule has 3 aromatic rings. The summed E-state index contributed by atoms with van der Waals surface area (Å²) in [5, 5.41) is 3.59. The minimum atomic E-state index is -6.43. The fourth-order valence-electron chi connectivity index (χ4n) is 3.02. The van der Waals surface area contributed by atoms with Gasteiger partial charge in [-0.2, -0.15) is 35.8 Å². The molecule has 1 aromatic heterocycles. The fraction of sp³-hybridized carbons (Fsp3) is 0.250. The second-order valence-electron chi connectivity index (χ2n) is 6.60. The van der Waals surface area contributed by atoms with E-state index in [1.54, 1.807) is 31.2 Å². The Labute approximate surface area is 166 Å². The first-order valence-electron chi connectivity index (χ1n) is 8.70. The summed E-state index contributed by atoms with van der Waals surface area (Å²) in [7, 11) is 0. The third-order valence-corrected chi connectivity index (χ3v) is 4.61. The molecule has 0 amide bonds. The van der Waals surface area contributed by atoms with Crippen LogP contribution in [0.3, 0.4) is 0 Å². The van der Waals surface area contributed by atoms with Crippen molar-refractivity contribution >= 4 is 17.1 Å². The number of hydrogen-bond donors (Lipinski definition) is 1. The van der Waals surface area contributed by atoms with Gasteiger partial charge in [-0.25, -0.2) is 5.43 Å². The van der Waals surface area contributed by atoms with Gasteiger partial charge in [-0.1, -0.05) is 48.5 Å². The van der Waals surface area contributed by atoms with E-state index in [0.717, 1.165) is 17.3 Å². The van der Waals surface area contributed by atoms with E-state index in [9.17, 15) is 30.7 Å². The molecular formula is C20H16F7N3. The predicted octanol–water partition coefficient (Wildman–Crippen LogP) is 5.71. The molecule has 3 nitrogen and oxygen atoms in total. The van der Waals surface area contributed by atoms with Crippen molar-refractivity contribution in [2.45, 2.75) is 31.6 Å². The Balaban J connectivity index is 1.94. The average molecular weight is 431 g/mol. The summed E-state index contributed by atoms with van der Waals surface area (Å²) >= 11 is 0. The summed E-state index contributed by atoms with van der Waals surface area (Å²) in [4.78, 5) is 0. The van der Waals surface area contributed by atoms with Crippen molar-refractivity contribution in [3.05, 3.63) is 71.4 Å². The molecule has 0 saturated carbocycles. The largest absolute Gasteiger partial charge is 0.462 e. The van der Waals surface area contributed by atoms with E-state index in [2.05, 4.69) is 5.10 Å². The lowest BCUT2D eigenvalue weighted by Gasteiger charge is -2.27. The molecule has 0 aliphatic carbocycles. The SMILES string of the molecule is Cc1c(/C=N/NC(F)(F)C(F)(F)C(F)(F)F)c2ccccc2n1Cc1ccccc1. The minimum absolute atomic E-state index is 0.320. The molecule has 0 radical (unpaired) electrons. The summed E-state index contributed by atoms with van der Waals surface area (Å²) in [6.07, 6.45) is -5.61. The summed E-state index contributed by atoms with van der Waals surface area (Å²) in [6.45, 7) is 2.11. The summed E-state index contributed by atoms with van der Waals surface area (Å²) in [5.74, 6) is -6.28. The zero-order valence-electron chi connectivity index (χ0n) is 15.5. The van der Waals surface area contributed by atoms with Gasteiger partial charge in [-0.15, -0.1) is 0 Å². The smallest absolute Gasteiger partial charge is 0.340 e. The number of fused-ring (bicyclic) bond motifs is 1. The zero-order chi connectivity index (χ0) is 22.2. The van der Waals surface area contributed by atoms with Crippen LogP contribution in [0.25, 0.3) is 10.9 Å². The van der Waals surface area contributed by atoms with E-state index >= 15 is 0 Å². The molecule has 1 N–H and O–H groups in total. The van der Waals surface area contributed by atoms with Gasteiger partial charge in [-0.05, 0) is 18.6 Å². The van der Waals surface area contributed by atoms with Gasteiger partial charge in [0.25, 0.3) is 0 Å². The number of nitrogens with one attached hydrogen (secondary N) is 1. The maximum Gasteiger partial charge on any atom is 0.462 e. The quantitative estimate of drug-likeness (QED) is 0.230. The van der Waals surface area contributed by atoms with Crippen LogP contribution in [0.4, 0.5) is 30.7 Å². The molecule has 0 bridgehead atoms. The normalized spacial score (nSPS) is 13.3. The number of hydrogen-bond acceptors (Lipinski definition) is 2. The van der Waals surface area contributed by atoms with Crippen LogP contribution in [0.1, 0.15) is 16.8 Å². The lowest BCUT2D eigenvalue weighted by molar-refractivity contribution is -0.361. The third-order valence-electron chi connectivity index (χ3n) is 4.61. The predicted molar refractivity (Wildman–Crippen MR) is 98.9 cm³/mol. The second-order valence-corrected chi connectivity index (χ2v) is 6.60. The number of rotatable bonds is 6. The van der Waals surface area contributed by atoms with Crippen LogP contribution in [-0.4, -0.2) is 28.9 Å². The molecule has 0 saturated heterocycles. The molecule has 0 atom stereocenters. The lowest BCUT2D eigenvalue weighted by atomic mass is 10.1. The van der Waals surface area contributed by atoms with Crippen molar-refractivity contribution in [3.8, 4) is 0 Å². The van der Waals surface area contributed by atoms with E-state index in [4.69, 9.17) is 0 Å². The highest BCUT2D eigenvalue weighted by molar-refractivity contribution is 6.01. The molecule has 0 aliphatic rings. The van der Waals surface area contributed by atoms with Crippen LogP contribution < -0.4 is 5.43 Å². The molecular weight excluding hydrogens is 415 g/mol. The van der Waals surface area contributed by atoms with Crippen molar-refractivity contribution in [1.82, 2.24) is 9.99 Å². The van der Waals surface area contributed by atoms with Crippen molar-refractivity contribution < 1.29 is 30.7 Å².